The Kier molecular flexibility index (Phi) is 5.80. The minimum atomic E-state index is -0.866. The number of likely N-dealkylation sites (tertiary alicyclic amines) is 1. The Morgan fingerprint density at radius 2 is 1.65 bits per heavy atom. The van der Waals surface area contributed by atoms with Gasteiger partial charge in [-0.2, -0.15) is 0 Å². The third-order valence-corrected chi connectivity index (χ3v) is 7.60. The van der Waals surface area contributed by atoms with Crippen molar-refractivity contribution in [3.8, 4) is 11.1 Å². The van der Waals surface area contributed by atoms with Gasteiger partial charge in [0.25, 0.3) is 0 Å². The fourth-order valence-corrected chi connectivity index (χ4v) is 5.70. The van der Waals surface area contributed by atoms with E-state index in [4.69, 9.17) is 4.74 Å². The molecule has 2 atom stereocenters. The number of fused-ring (bicyclic) bond motifs is 3. The number of nitrogens with zero attached hydrogens (tertiary/aromatic N) is 1. The lowest BCUT2D eigenvalue weighted by molar-refractivity contribution is -0.166. The maximum absolute atomic E-state index is 12.8. The number of carbonyl (C=O) groups is 3. The second-order valence-electron chi connectivity index (χ2n) is 10.1. The highest BCUT2D eigenvalue weighted by Gasteiger charge is 2.48. The van der Waals surface area contributed by atoms with Crippen molar-refractivity contribution in [3.63, 3.8) is 0 Å². The Labute approximate surface area is 199 Å². The molecular weight excluding hydrogens is 432 g/mol. The monoisotopic (exact) mass is 462 g/mol. The van der Waals surface area contributed by atoms with Gasteiger partial charge >= 0.3 is 12.1 Å². The summed E-state index contributed by atoms with van der Waals surface area (Å²) in [4.78, 5) is 38.4. The first kappa shape index (κ1) is 22.4. The average Bonchev–Trinajstić information content (AvgIpc) is 3.14. The lowest BCUT2D eigenvalue weighted by Gasteiger charge is -2.46. The highest BCUT2D eigenvalue weighted by molar-refractivity contribution is 5.84. The second-order valence-corrected chi connectivity index (χ2v) is 10.1. The van der Waals surface area contributed by atoms with Crippen LogP contribution in [0.3, 0.4) is 0 Å². The molecule has 1 heterocycles. The first-order valence-electron chi connectivity index (χ1n) is 12.0. The maximum Gasteiger partial charge on any atom is 0.407 e. The molecule has 2 aliphatic carbocycles. The number of carbonyl (C=O) groups excluding carboxylic acids is 2. The van der Waals surface area contributed by atoms with Crippen LogP contribution in [0.2, 0.25) is 0 Å². The van der Waals surface area contributed by atoms with Crippen molar-refractivity contribution in [2.75, 3.05) is 19.7 Å². The number of nitrogens with one attached hydrogen (secondary N) is 1. The molecule has 0 spiro atoms. The predicted molar refractivity (Wildman–Crippen MR) is 126 cm³/mol. The van der Waals surface area contributed by atoms with E-state index in [1.807, 2.05) is 24.3 Å². The van der Waals surface area contributed by atoms with Crippen LogP contribution < -0.4 is 5.32 Å². The Morgan fingerprint density at radius 3 is 2.26 bits per heavy atom. The van der Waals surface area contributed by atoms with Crippen LogP contribution in [0.1, 0.15) is 49.7 Å². The Morgan fingerprint density at radius 1 is 1.03 bits per heavy atom. The first-order valence-corrected chi connectivity index (χ1v) is 12.0. The van der Waals surface area contributed by atoms with Crippen LogP contribution in [0.5, 0.6) is 0 Å². The maximum atomic E-state index is 12.8. The van der Waals surface area contributed by atoms with Gasteiger partial charge in [0.15, 0.2) is 0 Å². The molecule has 2 amide bonds. The van der Waals surface area contributed by atoms with Crippen molar-refractivity contribution in [1.29, 1.82) is 0 Å². The fraction of sp³-hybridized carbons (Fsp3) is 0.444. The summed E-state index contributed by atoms with van der Waals surface area (Å²) in [6.07, 6.45) is 2.52. The molecule has 2 aromatic carbocycles. The number of ether oxygens (including phenoxy) is 1. The largest absolute Gasteiger partial charge is 0.481 e. The van der Waals surface area contributed by atoms with Crippen molar-refractivity contribution in [2.24, 2.45) is 11.3 Å². The van der Waals surface area contributed by atoms with Crippen molar-refractivity contribution in [2.45, 2.75) is 44.6 Å². The summed E-state index contributed by atoms with van der Waals surface area (Å²) in [6, 6.07) is 16.3. The van der Waals surface area contributed by atoms with Gasteiger partial charge in [-0.15, -0.1) is 0 Å². The van der Waals surface area contributed by atoms with Gasteiger partial charge in [-0.05, 0) is 48.4 Å². The van der Waals surface area contributed by atoms with Gasteiger partial charge in [-0.3, -0.25) is 9.59 Å². The molecule has 5 rings (SSSR count). The minimum absolute atomic E-state index is 0.00207. The van der Waals surface area contributed by atoms with Crippen LogP contribution in [0, 0.1) is 11.3 Å². The molecule has 7 heteroatoms. The summed E-state index contributed by atoms with van der Waals surface area (Å²) in [6.45, 7) is 2.43. The molecule has 3 aliphatic rings. The summed E-state index contributed by atoms with van der Waals surface area (Å²) in [5, 5.41) is 12.2. The van der Waals surface area contributed by atoms with E-state index in [-0.39, 0.29) is 43.5 Å². The third-order valence-electron chi connectivity index (χ3n) is 7.60. The van der Waals surface area contributed by atoms with E-state index >= 15 is 0 Å². The highest BCUT2D eigenvalue weighted by Crippen LogP contribution is 2.44. The minimum Gasteiger partial charge on any atom is -0.481 e. The molecule has 2 aromatic rings. The third kappa shape index (κ3) is 4.04. The fourth-order valence-electron chi connectivity index (χ4n) is 5.70. The Hall–Kier alpha value is -3.35. The molecule has 7 nitrogen and oxygen atoms in total. The Bertz CT molecular complexity index is 1080. The lowest BCUT2D eigenvalue weighted by Crippen LogP contribution is -2.62. The van der Waals surface area contributed by atoms with Gasteiger partial charge in [-0.25, -0.2) is 4.79 Å². The van der Waals surface area contributed by atoms with E-state index < -0.39 is 17.5 Å². The number of hydrogen-bond donors (Lipinski definition) is 2. The lowest BCUT2D eigenvalue weighted by atomic mass is 9.79. The quantitative estimate of drug-likeness (QED) is 0.700. The van der Waals surface area contributed by atoms with Crippen LogP contribution in [0.4, 0.5) is 4.79 Å². The summed E-state index contributed by atoms with van der Waals surface area (Å²) >= 11 is 0. The predicted octanol–water partition coefficient (Wildman–Crippen LogP) is 4.02. The SMILES string of the molecule is CC1(C(=O)O)CN(C(=O)C2CCCC(NC(=O)OCC3c4ccccc4-c4ccccc43)C2)C1. The van der Waals surface area contributed by atoms with Gasteiger partial charge < -0.3 is 20.1 Å². The van der Waals surface area contributed by atoms with E-state index in [9.17, 15) is 19.5 Å². The summed E-state index contributed by atoms with van der Waals surface area (Å²) in [7, 11) is 0. The first-order chi connectivity index (χ1) is 16.4. The molecule has 0 radical (unpaired) electrons. The molecule has 0 bridgehead atoms. The zero-order valence-electron chi connectivity index (χ0n) is 19.3. The van der Waals surface area contributed by atoms with Crippen LogP contribution in [-0.4, -0.2) is 53.7 Å². The van der Waals surface area contributed by atoms with Crippen molar-refractivity contribution in [1.82, 2.24) is 10.2 Å². The molecule has 0 aromatic heterocycles. The Balaban J connectivity index is 1.15. The van der Waals surface area contributed by atoms with Gasteiger partial charge in [-0.1, -0.05) is 55.0 Å². The van der Waals surface area contributed by atoms with E-state index in [0.717, 1.165) is 19.3 Å². The van der Waals surface area contributed by atoms with E-state index in [0.29, 0.717) is 6.42 Å². The standard InChI is InChI=1S/C27H30N2O5/c1-27(25(31)32)15-29(16-27)24(30)17-7-6-8-18(13-17)28-26(33)34-14-23-21-11-4-2-9-19(21)20-10-3-5-12-22(20)23/h2-5,9-12,17-18,23H,6-8,13-16H2,1H3,(H,28,33)(H,31,32). The number of benzene rings is 2. The number of aliphatic carboxylic acids is 1. The normalized spacial score (nSPS) is 22.8. The molecule has 1 saturated carbocycles. The van der Waals surface area contributed by atoms with Gasteiger partial charge in [0.2, 0.25) is 5.91 Å². The molecule has 1 saturated heterocycles. The summed E-state index contributed by atoms with van der Waals surface area (Å²) < 4.78 is 5.66. The molecule has 2 unspecified atom stereocenters. The number of alkyl carbamates (subject to hydrolysis) is 1. The smallest absolute Gasteiger partial charge is 0.407 e. The van der Waals surface area contributed by atoms with E-state index in [1.54, 1.807) is 11.8 Å². The number of carboxylic acid groups (broad SMARTS) is 1. The average molecular weight is 463 g/mol. The zero-order chi connectivity index (χ0) is 23.9. The summed E-state index contributed by atoms with van der Waals surface area (Å²) in [5.41, 5.74) is 3.87. The van der Waals surface area contributed by atoms with Crippen LogP contribution in [-0.2, 0) is 14.3 Å². The van der Waals surface area contributed by atoms with Crippen molar-refractivity contribution in [3.05, 3.63) is 59.7 Å². The highest BCUT2D eigenvalue weighted by atomic mass is 16.5. The molecule has 34 heavy (non-hydrogen) atoms. The number of carboxylic acids is 1. The topological polar surface area (TPSA) is 95.9 Å². The van der Waals surface area contributed by atoms with E-state index in [2.05, 4.69) is 29.6 Å². The molecule has 2 N–H and O–H groups in total. The second kappa shape index (κ2) is 8.78. The van der Waals surface area contributed by atoms with Crippen LogP contribution in [0.25, 0.3) is 11.1 Å². The van der Waals surface area contributed by atoms with Gasteiger partial charge in [0.1, 0.15) is 6.61 Å². The molecule has 2 fully saturated rings. The van der Waals surface area contributed by atoms with Crippen LogP contribution >= 0.6 is 0 Å². The van der Waals surface area contributed by atoms with Gasteiger partial charge in [0, 0.05) is 31.0 Å². The molecule has 1 aliphatic heterocycles. The van der Waals surface area contributed by atoms with Gasteiger partial charge in [0.05, 0.1) is 5.41 Å². The van der Waals surface area contributed by atoms with Crippen LogP contribution in [0.15, 0.2) is 48.5 Å². The zero-order valence-corrected chi connectivity index (χ0v) is 19.3. The number of hydrogen-bond acceptors (Lipinski definition) is 4. The molecule has 178 valence electrons. The summed E-state index contributed by atoms with van der Waals surface area (Å²) in [5.74, 6) is -1.05. The van der Waals surface area contributed by atoms with Crippen molar-refractivity contribution < 1.29 is 24.2 Å². The number of amides is 2. The molecular formula is C27H30N2O5. The number of rotatable bonds is 5. The van der Waals surface area contributed by atoms with E-state index in [1.165, 1.54) is 22.3 Å². The van der Waals surface area contributed by atoms with Crippen molar-refractivity contribution >= 4 is 18.0 Å².